The van der Waals surface area contributed by atoms with Crippen LogP contribution < -0.4 is 4.90 Å². The van der Waals surface area contributed by atoms with Gasteiger partial charge in [0.25, 0.3) is 0 Å². The Labute approximate surface area is 319 Å². The van der Waals surface area contributed by atoms with E-state index in [1.807, 2.05) is 48.5 Å². The van der Waals surface area contributed by atoms with Crippen molar-refractivity contribution in [3.63, 3.8) is 0 Å². The Kier molecular flexibility index (Phi) is 8.00. The van der Waals surface area contributed by atoms with Gasteiger partial charge in [0.2, 0.25) is 0 Å². The minimum atomic E-state index is 0.641. The molecule has 0 spiro atoms. The molecule has 10 aromatic rings. The van der Waals surface area contributed by atoms with Gasteiger partial charge in [0.15, 0.2) is 5.82 Å². The van der Waals surface area contributed by atoms with E-state index in [0.717, 1.165) is 78.2 Å². The van der Waals surface area contributed by atoms with E-state index in [1.54, 1.807) is 0 Å². The summed E-state index contributed by atoms with van der Waals surface area (Å²) in [6, 6.07) is 67.9. The van der Waals surface area contributed by atoms with Crippen LogP contribution in [-0.2, 0) is 0 Å². The van der Waals surface area contributed by atoms with E-state index in [-0.39, 0.29) is 0 Å². The normalized spacial score (nSPS) is 11.4. The third kappa shape index (κ3) is 6.10. The summed E-state index contributed by atoms with van der Waals surface area (Å²) < 4.78 is 6.56. The second-order valence-electron chi connectivity index (χ2n) is 13.9. The Balaban J connectivity index is 1.14. The maximum absolute atomic E-state index is 6.56. The average Bonchev–Trinajstić information content (AvgIpc) is 3.63. The Morgan fingerprint density at radius 1 is 0.418 bits per heavy atom. The lowest BCUT2D eigenvalue weighted by atomic mass is 9.96. The number of aromatic nitrogens is 2. The van der Waals surface area contributed by atoms with Crippen molar-refractivity contribution < 1.29 is 4.42 Å². The zero-order valence-electron chi connectivity index (χ0n) is 30.2. The molecule has 55 heavy (non-hydrogen) atoms. The molecule has 4 nitrogen and oxygen atoms in total. The molecule has 0 N–H and O–H groups in total. The monoisotopic (exact) mass is 705 g/mol. The molecule has 0 aliphatic rings. The van der Waals surface area contributed by atoms with E-state index < -0.39 is 0 Å². The molecule has 10 rings (SSSR count). The van der Waals surface area contributed by atoms with Crippen molar-refractivity contribution in [1.29, 1.82) is 0 Å². The van der Waals surface area contributed by atoms with Gasteiger partial charge in [-0.2, -0.15) is 0 Å². The number of nitrogens with zero attached hydrogens (tertiary/aromatic N) is 3. The molecule has 260 valence electrons. The Bertz CT molecular complexity index is 2920. The molecular formula is C51H35N3O. The van der Waals surface area contributed by atoms with Crippen LogP contribution in [0.4, 0.5) is 17.1 Å². The first kappa shape index (κ1) is 32.4. The van der Waals surface area contributed by atoms with Crippen LogP contribution in [-0.4, -0.2) is 9.97 Å². The quantitative estimate of drug-likeness (QED) is 0.166. The number of benzene rings is 8. The summed E-state index contributed by atoms with van der Waals surface area (Å²) in [4.78, 5) is 12.7. The Morgan fingerprint density at radius 2 is 1.02 bits per heavy atom. The fourth-order valence-corrected chi connectivity index (χ4v) is 7.61. The summed E-state index contributed by atoms with van der Waals surface area (Å²) in [7, 11) is 0. The number of aryl methyl sites for hydroxylation is 1. The first-order valence-corrected chi connectivity index (χ1v) is 18.6. The first-order chi connectivity index (χ1) is 27.1. The topological polar surface area (TPSA) is 42.2 Å². The van der Waals surface area contributed by atoms with Gasteiger partial charge in [-0.3, -0.25) is 0 Å². The molecule has 0 saturated heterocycles. The number of para-hydroxylation sites is 2. The van der Waals surface area contributed by atoms with Gasteiger partial charge in [-0.25, -0.2) is 9.97 Å². The lowest BCUT2D eigenvalue weighted by Gasteiger charge is -2.26. The predicted octanol–water partition coefficient (Wildman–Crippen LogP) is 14.0. The van der Waals surface area contributed by atoms with Gasteiger partial charge >= 0.3 is 0 Å². The number of rotatable bonds is 7. The van der Waals surface area contributed by atoms with Gasteiger partial charge in [-0.1, -0.05) is 139 Å². The van der Waals surface area contributed by atoms with Crippen LogP contribution in [0.5, 0.6) is 0 Å². The molecule has 0 saturated carbocycles. The highest BCUT2D eigenvalue weighted by atomic mass is 16.3. The molecule has 4 heteroatoms. The average molecular weight is 706 g/mol. The molecule has 0 radical (unpaired) electrons. The molecule has 2 aromatic heterocycles. The van der Waals surface area contributed by atoms with Crippen LogP contribution in [0.3, 0.4) is 0 Å². The summed E-state index contributed by atoms with van der Waals surface area (Å²) in [6.45, 7) is 2.14. The van der Waals surface area contributed by atoms with E-state index in [2.05, 4.69) is 157 Å². The zero-order valence-corrected chi connectivity index (χ0v) is 30.2. The first-order valence-electron chi connectivity index (χ1n) is 18.6. The summed E-state index contributed by atoms with van der Waals surface area (Å²) >= 11 is 0. The molecule has 0 fully saturated rings. The van der Waals surface area contributed by atoms with E-state index in [0.29, 0.717) is 5.82 Å². The minimum Gasteiger partial charge on any atom is -0.456 e. The number of hydrogen-bond acceptors (Lipinski definition) is 4. The van der Waals surface area contributed by atoms with E-state index >= 15 is 0 Å². The molecule has 0 atom stereocenters. The van der Waals surface area contributed by atoms with Gasteiger partial charge in [-0.15, -0.1) is 0 Å². The van der Waals surface area contributed by atoms with Gasteiger partial charge in [0.05, 0.1) is 11.4 Å². The van der Waals surface area contributed by atoms with Crippen molar-refractivity contribution in [3.05, 3.63) is 200 Å². The highest BCUT2D eigenvalue weighted by molar-refractivity contribution is 6.13. The molecule has 0 bridgehead atoms. The molecular weight excluding hydrogens is 671 g/mol. The van der Waals surface area contributed by atoms with Crippen molar-refractivity contribution in [2.75, 3.05) is 4.90 Å². The molecule has 0 aliphatic heterocycles. The maximum atomic E-state index is 6.56. The highest BCUT2D eigenvalue weighted by Gasteiger charge is 2.19. The van der Waals surface area contributed by atoms with Crippen LogP contribution in [0.2, 0.25) is 0 Å². The van der Waals surface area contributed by atoms with Gasteiger partial charge in [0.1, 0.15) is 11.2 Å². The van der Waals surface area contributed by atoms with E-state index in [1.165, 1.54) is 16.3 Å². The van der Waals surface area contributed by atoms with Crippen molar-refractivity contribution >= 4 is 49.8 Å². The molecule has 8 aromatic carbocycles. The molecule has 2 heterocycles. The standard InChI is InChI=1S/C51H35N3O/c1-34-21-22-35-23-28-43(30-39(35)29-34)54(41-17-9-4-10-18-41)42-26-24-36(25-27-42)45-31-40(32-49-50(45)44-19-11-12-20-48(44)55-49)51-52-46(37-13-5-2-6-14-37)33-47(53-51)38-15-7-3-8-16-38/h2-33H,1H3. The molecule has 0 unspecified atom stereocenters. The fraction of sp³-hybridized carbons (Fsp3) is 0.0196. The van der Waals surface area contributed by atoms with Crippen LogP contribution >= 0.6 is 0 Å². The largest absolute Gasteiger partial charge is 0.456 e. The fourth-order valence-electron chi connectivity index (χ4n) is 7.61. The highest BCUT2D eigenvalue weighted by Crippen LogP contribution is 2.42. The number of hydrogen-bond donors (Lipinski definition) is 0. The lowest BCUT2D eigenvalue weighted by molar-refractivity contribution is 0.669. The Hall–Kier alpha value is -7.30. The third-order valence-corrected chi connectivity index (χ3v) is 10.3. The van der Waals surface area contributed by atoms with Crippen molar-refractivity contribution in [1.82, 2.24) is 9.97 Å². The van der Waals surface area contributed by atoms with Gasteiger partial charge < -0.3 is 9.32 Å². The number of fused-ring (bicyclic) bond motifs is 4. The summed E-state index contributed by atoms with van der Waals surface area (Å²) in [5.41, 5.74) is 13.0. The smallest absolute Gasteiger partial charge is 0.160 e. The summed E-state index contributed by atoms with van der Waals surface area (Å²) in [5, 5.41) is 4.59. The molecule has 0 amide bonds. The second-order valence-corrected chi connectivity index (χ2v) is 13.9. The maximum Gasteiger partial charge on any atom is 0.160 e. The molecule has 0 aliphatic carbocycles. The van der Waals surface area contributed by atoms with Crippen molar-refractivity contribution in [2.45, 2.75) is 6.92 Å². The summed E-state index contributed by atoms with van der Waals surface area (Å²) in [6.07, 6.45) is 0. The van der Waals surface area contributed by atoms with Crippen molar-refractivity contribution in [2.24, 2.45) is 0 Å². The van der Waals surface area contributed by atoms with Gasteiger partial charge in [-0.05, 0) is 89.5 Å². The SMILES string of the molecule is Cc1ccc2ccc(N(c3ccccc3)c3ccc(-c4cc(-c5nc(-c6ccccc6)cc(-c6ccccc6)n5)cc5oc6ccccc6c45)cc3)cc2c1. The van der Waals surface area contributed by atoms with E-state index in [4.69, 9.17) is 14.4 Å². The minimum absolute atomic E-state index is 0.641. The zero-order chi connectivity index (χ0) is 36.7. The van der Waals surface area contributed by atoms with Gasteiger partial charge in [0, 0.05) is 44.5 Å². The third-order valence-electron chi connectivity index (χ3n) is 10.3. The van der Waals surface area contributed by atoms with Crippen LogP contribution in [0.15, 0.2) is 199 Å². The van der Waals surface area contributed by atoms with Crippen LogP contribution in [0.25, 0.3) is 77.7 Å². The Morgan fingerprint density at radius 3 is 1.73 bits per heavy atom. The van der Waals surface area contributed by atoms with Crippen LogP contribution in [0, 0.1) is 6.92 Å². The second kappa shape index (κ2) is 13.6. The van der Waals surface area contributed by atoms with Crippen LogP contribution in [0.1, 0.15) is 5.56 Å². The predicted molar refractivity (Wildman–Crippen MR) is 228 cm³/mol. The number of furan rings is 1. The van der Waals surface area contributed by atoms with E-state index in [9.17, 15) is 0 Å². The summed E-state index contributed by atoms with van der Waals surface area (Å²) in [5.74, 6) is 0.641. The number of anilines is 3. The van der Waals surface area contributed by atoms with Crippen molar-refractivity contribution in [3.8, 4) is 45.0 Å². The lowest BCUT2D eigenvalue weighted by Crippen LogP contribution is -2.09.